The summed E-state index contributed by atoms with van der Waals surface area (Å²) in [6.07, 6.45) is 0.427. The van der Waals surface area contributed by atoms with Crippen molar-refractivity contribution in [1.82, 2.24) is 5.32 Å². The lowest BCUT2D eigenvalue weighted by Crippen LogP contribution is -2.41. The van der Waals surface area contributed by atoms with E-state index in [2.05, 4.69) is 5.32 Å². The molecule has 2 unspecified atom stereocenters. The molecule has 0 radical (unpaired) electrons. The van der Waals surface area contributed by atoms with E-state index in [1.807, 2.05) is 0 Å². The van der Waals surface area contributed by atoms with Gasteiger partial charge in [0.05, 0.1) is 25.2 Å². The highest BCUT2D eigenvalue weighted by molar-refractivity contribution is 5.76. The molecule has 0 aromatic rings. The number of nitrogens with two attached hydrogens (primary N) is 1. The second-order valence-electron chi connectivity index (χ2n) is 3.53. The largest absolute Gasteiger partial charge is 0.396 e. The molecule has 16 heavy (non-hydrogen) atoms. The van der Waals surface area contributed by atoms with Gasteiger partial charge in [0.2, 0.25) is 5.91 Å². The van der Waals surface area contributed by atoms with Crippen molar-refractivity contribution in [1.29, 1.82) is 0 Å². The van der Waals surface area contributed by atoms with Crippen LogP contribution in [0.25, 0.3) is 0 Å². The van der Waals surface area contributed by atoms with Gasteiger partial charge in [0, 0.05) is 27.4 Å². The third-order valence-corrected chi connectivity index (χ3v) is 2.22. The van der Waals surface area contributed by atoms with Gasteiger partial charge in [-0.05, 0) is 6.42 Å². The molecule has 0 bridgehead atoms. The molecule has 0 saturated carbocycles. The first-order valence-electron chi connectivity index (χ1n) is 5.29. The summed E-state index contributed by atoms with van der Waals surface area (Å²) in [6, 6.07) is -0.169. The molecule has 0 aromatic heterocycles. The Morgan fingerprint density at radius 3 is 2.62 bits per heavy atom. The average Bonchev–Trinajstić information content (AvgIpc) is 2.26. The van der Waals surface area contributed by atoms with E-state index >= 15 is 0 Å². The van der Waals surface area contributed by atoms with Crippen LogP contribution in [0.4, 0.5) is 0 Å². The van der Waals surface area contributed by atoms with Crippen LogP contribution < -0.4 is 11.1 Å². The minimum Gasteiger partial charge on any atom is -0.396 e. The van der Waals surface area contributed by atoms with Crippen LogP contribution in [0.1, 0.15) is 12.8 Å². The quantitative estimate of drug-likeness (QED) is 0.469. The van der Waals surface area contributed by atoms with E-state index < -0.39 is 0 Å². The van der Waals surface area contributed by atoms with Crippen LogP contribution in [0.2, 0.25) is 0 Å². The van der Waals surface area contributed by atoms with Crippen molar-refractivity contribution in [2.24, 2.45) is 5.73 Å². The fourth-order valence-corrected chi connectivity index (χ4v) is 1.31. The minimum atomic E-state index is -0.266. The van der Waals surface area contributed by atoms with Gasteiger partial charge in [-0.25, -0.2) is 0 Å². The number of methoxy groups -OCH3 is 2. The van der Waals surface area contributed by atoms with Crippen LogP contribution in [-0.2, 0) is 14.3 Å². The molecule has 0 aliphatic rings. The number of nitrogens with one attached hydrogen (secondary N) is 1. The maximum atomic E-state index is 11.5. The molecule has 0 spiro atoms. The first kappa shape index (κ1) is 15.3. The van der Waals surface area contributed by atoms with Gasteiger partial charge in [0.1, 0.15) is 0 Å². The Morgan fingerprint density at radius 1 is 1.50 bits per heavy atom. The van der Waals surface area contributed by atoms with Gasteiger partial charge >= 0.3 is 0 Å². The predicted molar refractivity (Wildman–Crippen MR) is 60.0 cm³/mol. The van der Waals surface area contributed by atoms with Gasteiger partial charge < -0.3 is 25.6 Å². The van der Waals surface area contributed by atoms with E-state index in [1.54, 1.807) is 7.11 Å². The summed E-state index contributed by atoms with van der Waals surface area (Å²) >= 11 is 0. The Kier molecular flexibility index (Phi) is 9.12. The Labute approximate surface area is 96.1 Å². The molecule has 2 atom stereocenters. The predicted octanol–water partition coefficient (Wildman–Crippen LogP) is -1.14. The number of aliphatic hydroxyl groups excluding tert-OH is 1. The van der Waals surface area contributed by atoms with Crippen LogP contribution in [0.15, 0.2) is 0 Å². The Balaban J connectivity index is 3.97. The second kappa shape index (κ2) is 9.53. The van der Waals surface area contributed by atoms with Crippen molar-refractivity contribution < 1.29 is 19.4 Å². The molecule has 4 N–H and O–H groups in total. The topological polar surface area (TPSA) is 93.8 Å². The maximum absolute atomic E-state index is 11.5. The summed E-state index contributed by atoms with van der Waals surface area (Å²) in [7, 11) is 3.07. The van der Waals surface area contributed by atoms with Crippen molar-refractivity contribution in [3.8, 4) is 0 Å². The summed E-state index contributed by atoms with van der Waals surface area (Å²) in [6.45, 7) is 0.699. The van der Waals surface area contributed by atoms with Crippen LogP contribution in [-0.4, -0.2) is 57.1 Å². The number of aliphatic hydroxyl groups is 1. The van der Waals surface area contributed by atoms with Crippen LogP contribution in [0.3, 0.4) is 0 Å². The second-order valence-corrected chi connectivity index (χ2v) is 3.53. The Bertz CT molecular complexity index is 180. The van der Waals surface area contributed by atoms with Gasteiger partial charge in [-0.3, -0.25) is 4.79 Å². The summed E-state index contributed by atoms with van der Waals surface area (Å²) in [5, 5.41) is 11.6. The highest BCUT2D eigenvalue weighted by Gasteiger charge is 2.15. The van der Waals surface area contributed by atoms with Gasteiger partial charge in [0.25, 0.3) is 0 Å². The zero-order valence-corrected chi connectivity index (χ0v) is 9.94. The number of rotatable bonds is 9. The van der Waals surface area contributed by atoms with E-state index in [9.17, 15) is 4.79 Å². The monoisotopic (exact) mass is 234 g/mol. The molecule has 0 fully saturated rings. The molecule has 6 heteroatoms. The van der Waals surface area contributed by atoms with Gasteiger partial charge in [-0.2, -0.15) is 0 Å². The van der Waals surface area contributed by atoms with Gasteiger partial charge in [-0.1, -0.05) is 0 Å². The normalized spacial score (nSPS) is 14.5. The van der Waals surface area contributed by atoms with E-state index in [4.69, 9.17) is 20.3 Å². The molecule has 0 saturated heterocycles. The van der Waals surface area contributed by atoms with Crippen molar-refractivity contribution in [2.45, 2.75) is 25.0 Å². The highest BCUT2D eigenvalue weighted by Crippen LogP contribution is 1.98. The van der Waals surface area contributed by atoms with Crippen molar-refractivity contribution in [3.05, 3.63) is 0 Å². The van der Waals surface area contributed by atoms with E-state index in [-0.39, 0.29) is 31.1 Å². The first-order chi connectivity index (χ1) is 7.67. The van der Waals surface area contributed by atoms with Crippen molar-refractivity contribution in [3.63, 3.8) is 0 Å². The lowest BCUT2D eigenvalue weighted by atomic mass is 10.2. The molecule has 0 aromatic carbocycles. The zero-order valence-electron chi connectivity index (χ0n) is 9.94. The maximum Gasteiger partial charge on any atom is 0.222 e. The smallest absolute Gasteiger partial charge is 0.222 e. The van der Waals surface area contributed by atoms with Gasteiger partial charge in [0.15, 0.2) is 0 Å². The lowest BCUT2D eigenvalue weighted by molar-refractivity contribution is -0.124. The number of carbonyl (C=O) groups is 1. The third-order valence-electron chi connectivity index (χ3n) is 2.22. The minimum absolute atomic E-state index is 0.0128. The highest BCUT2D eigenvalue weighted by atomic mass is 16.5. The average molecular weight is 234 g/mol. The number of carbonyl (C=O) groups excluding carboxylic acids is 1. The van der Waals surface area contributed by atoms with Crippen molar-refractivity contribution >= 4 is 5.91 Å². The lowest BCUT2D eigenvalue weighted by Gasteiger charge is -2.18. The summed E-state index contributed by atoms with van der Waals surface area (Å²) in [5.41, 5.74) is 5.41. The van der Waals surface area contributed by atoms with E-state index in [0.29, 0.717) is 19.6 Å². The van der Waals surface area contributed by atoms with Crippen LogP contribution in [0.5, 0.6) is 0 Å². The summed E-state index contributed by atoms with van der Waals surface area (Å²) in [5.74, 6) is -0.146. The SMILES string of the molecule is COCC(CCO)NC(=O)CC(CN)OC. The van der Waals surface area contributed by atoms with E-state index in [0.717, 1.165) is 0 Å². The van der Waals surface area contributed by atoms with Gasteiger partial charge in [-0.15, -0.1) is 0 Å². The fraction of sp³-hybridized carbons (Fsp3) is 0.900. The molecule has 6 nitrogen and oxygen atoms in total. The zero-order chi connectivity index (χ0) is 12.4. The van der Waals surface area contributed by atoms with Crippen LogP contribution >= 0.6 is 0 Å². The molecule has 1 amide bonds. The summed E-state index contributed by atoms with van der Waals surface area (Å²) < 4.78 is 9.94. The standard InChI is InChI=1S/C10H22N2O4/c1-15-7-8(3-4-13)12-10(14)5-9(6-11)16-2/h8-9,13H,3-7,11H2,1-2H3,(H,12,14). The van der Waals surface area contributed by atoms with Crippen molar-refractivity contribution in [2.75, 3.05) is 34.0 Å². The third kappa shape index (κ3) is 6.73. The molecule has 0 aliphatic carbocycles. The number of ether oxygens (including phenoxy) is 2. The van der Waals surface area contributed by atoms with Crippen LogP contribution in [0, 0.1) is 0 Å². The fourth-order valence-electron chi connectivity index (χ4n) is 1.31. The number of hydrogen-bond acceptors (Lipinski definition) is 5. The molecule has 0 rings (SSSR count). The number of amides is 1. The molecule has 0 heterocycles. The Morgan fingerprint density at radius 2 is 2.19 bits per heavy atom. The molecule has 96 valence electrons. The Hall–Kier alpha value is -0.690. The van der Waals surface area contributed by atoms with E-state index in [1.165, 1.54) is 7.11 Å². The molecular weight excluding hydrogens is 212 g/mol. The molecule has 0 aliphatic heterocycles. The first-order valence-corrected chi connectivity index (χ1v) is 5.29. The molecular formula is C10H22N2O4. The summed E-state index contributed by atoms with van der Waals surface area (Å²) in [4.78, 5) is 11.5. The number of hydrogen-bond donors (Lipinski definition) is 3.